The smallest absolute Gasteiger partial charge is 0.278 e. The molecule has 4 fully saturated rings. The molecule has 8 atom stereocenters. The fourth-order valence-corrected chi connectivity index (χ4v) is 22.3. The minimum absolute atomic E-state index is 0. The highest BCUT2D eigenvalue weighted by Gasteiger charge is 2.52. The van der Waals surface area contributed by atoms with E-state index < -0.39 is 0 Å². The van der Waals surface area contributed by atoms with E-state index in [1.807, 2.05) is 123 Å². The Morgan fingerprint density at radius 1 is 0.277 bits per heavy atom. The van der Waals surface area contributed by atoms with E-state index in [-0.39, 0.29) is 147 Å². The number of pyridine rings is 4. The van der Waals surface area contributed by atoms with Crippen LogP contribution >= 0.6 is 37.9 Å². The Morgan fingerprint density at radius 2 is 0.496 bits per heavy atom. The first-order valence-electron chi connectivity index (χ1n) is 48.4. The van der Waals surface area contributed by atoms with Crippen molar-refractivity contribution in [1.29, 1.82) is 0 Å². The van der Waals surface area contributed by atoms with Crippen molar-refractivity contribution in [2.75, 3.05) is 85.9 Å². The first-order valence-corrected chi connectivity index (χ1v) is 50.3. The Hall–Kier alpha value is -13.1. The summed E-state index contributed by atoms with van der Waals surface area (Å²) in [5, 5.41) is 8.79. The van der Waals surface area contributed by atoms with Crippen molar-refractivity contribution in [3.63, 3.8) is 0 Å². The minimum atomic E-state index is -0.345. The molecule has 8 aromatic carbocycles. The van der Waals surface area contributed by atoms with Crippen molar-refractivity contribution < 1.29 is 57.2 Å². The molecule has 4 aromatic heterocycles. The standard InChI is InChI=1S/C26H26N3O3P.C25H24N3O4P.2C25H22N3O4P.4C2H6.CH4.4H2/c30-21-14-16-28-24(25(21)32-33)26(31)27-15-6-5-11-22(27)29(28)23-19-9-3-1-7-17(19)12-13-18-8-2-4-10-20(18)23;3*29-20-11-12-27-23(24(20)32-33)25(30)26-13-14-31-15-21(26)28(27)22-18-7-3-1-5-16(18)9-10-17-6-2-4-8-19(17)22;4*1-2;;;;;/h1-4,7-10,14,16,22-23H,5-6,11-13,15,33H2;1-8,11-12,21-22H,9-10,13-15,33H2;2*1-12,21-22H,13-15,33H2;4*1-2H3;1H4;4*1H/t;21-;;;;;;;;;;;/m.1.........../s1/i;;;;;;;;;4*1+1. The summed E-state index contributed by atoms with van der Waals surface area (Å²) in [5.74, 6) is -0.655. The number of nitrogens with zero attached hydrogens (tertiary/aromatic N) is 12. The van der Waals surface area contributed by atoms with Gasteiger partial charge in [-0.2, -0.15) is 0 Å². The van der Waals surface area contributed by atoms with Gasteiger partial charge in [-0.05, 0) is 134 Å². The van der Waals surface area contributed by atoms with E-state index in [0.717, 1.165) is 89.5 Å². The molecular weight excluding hydrogens is 1850 g/mol. The maximum atomic E-state index is 13.6. The number of ether oxygens (including phenoxy) is 3. The predicted octanol–water partition coefficient (Wildman–Crippen LogP) is 18.3. The highest BCUT2D eigenvalue weighted by molar-refractivity contribution is 7.11. The van der Waals surface area contributed by atoms with Crippen LogP contribution in [0.25, 0.3) is 24.3 Å². The number of morpholine rings is 3. The van der Waals surface area contributed by atoms with Gasteiger partial charge in [0.2, 0.25) is 44.7 Å². The first-order chi connectivity index (χ1) is 68.7. The summed E-state index contributed by atoms with van der Waals surface area (Å²) in [5.41, 5.74) is 18.6. The molecule has 24 rings (SSSR count). The van der Waals surface area contributed by atoms with Crippen molar-refractivity contribution in [3.8, 4) is 23.0 Å². The second-order valence-electron chi connectivity index (χ2n) is 34.0. The number of benzene rings is 8. The van der Waals surface area contributed by atoms with Gasteiger partial charge >= 0.3 is 0 Å². The molecule has 4 aliphatic carbocycles. The van der Waals surface area contributed by atoms with Crippen molar-refractivity contribution in [1.82, 2.24) is 38.3 Å². The van der Waals surface area contributed by atoms with Crippen LogP contribution in [0.3, 0.4) is 0 Å². The molecule has 31 heteroatoms. The van der Waals surface area contributed by atoms with Gasteiger partial charge in [-0.15, -0.1) is 0 Å². The third-order valence-electron chi connectivity index (χ3n) is 27.3. The van der Waals surface area contributed by atoms with Gasteiger partial charge in [-0.25, -0.2) is 0 Å². The van der Waals surface area contributed by atoms with Crippen molar-refractivity contribution >= 4 is 85.8 Å². The topological polar surface area (TPSA) is 247 Å². The molecule has 0 saturated carbocycles. The van der Waals surface area contributed by atoms with E-state index in [4.69, 9.17) is 32.3 Å². The number of carbonyl (C=O) groups is 4. The monoisotopic (exact) mass is 1990 g/mol. The zero-order chi connectivity index (χ0) is 98.1. The zero-order valence-electron chi connectivity index (χ0n) is 79.8. The number of piperidine rings is 1. The molecule has 7 unspecified atom stereocenters. The average molecular weight is 1990 g/mol. The Balaban J connectivity index is 0.000000166. The highest BCUT2D eigenvalue weighted by atomic mass is 31.0. The quantitative estimate of drug-likeness (QED) is 0.128. The summed E-state index contributed by atoms with van der Waals surface area (Å²) in [6, 6.07) is 72.4. The minimum Gasteiger partial charge on any atom is -0.474 e. The van der Waals surface area contributed by atoms with Crippen molar-refractivity contribution in [3.05, 3.63) is 396 Å². The molecule has 27 nitrogen and oxygen atoms in total. The van der Waals surface area contributed by atoms with Gasteiger partial charge in [-0.3, -0.25) is 77.1 Å². The van der Waals surface area contributed by atoms with Gasteiger partial charge < -0.3 is 51.9 Å². The molecule has 12 aliphatic rings. The van der Waals surface area contributed by atoms with Crippen molar-refractivity contribution in [2.45, 2.75) is 157 Å². The molecule has 4 saturated heterocycles. The van der Waals surface area contributed by atoms with Crippen molar-refractivity contribution in [2.24, 2.45) is 0 Å². The molecule has 8 aliphatic heterocycles. The number of hydrogen-bond donors (Lipinski definition) is 0. The van der Waals surface area contributed by atoms with Crippen LogP contribution in [0.15, 0.2) is 262 Å². The summed E-state index contributed by atoms with van der Waals surface area (Å²) >= 11 is 0. The van der Waals surface area contributed by atoms with E-state index >= 15 is 0 Å². The van der Waals surface area contributed by atoms with Crippen LogP contribution in [-0.2, 0) is 39.9 Å². The molecular formula is C110H130N12O15P4. The normalized spacial score (nSPS) is 18.5. The van der Waals surface area contributed by atoms with Gasteiger partial charge in [0, 0.05) is 80.9 Å². The Kier molecular flexibility index (Phi) is 32.4. The Labute approximate surface area is 837 Å². The van der Waals surface area contributed by atoms with E-state index in [1.165, 1.54) is 68.8 Å². The lowest BCUT2D eigenvalue weighted by atomic mass is 9.92. The average Bonchev–Trinajstić information content (AvgIpc) is 1.30. The molecule has 12 heterocycles. The highest BCUT2D eigenvalue weighted by Crippen LogP contribution is 2.48. The van der Waals surface area contributed by atoms with Gasteiger partial charge in [0.05, 0.1) is 102 Å². The molecule has 0 N–H and O–H groups in total. The van der Waals surface area contributed by atoms with Gasteiger partial charge in [-0.1, -0.05) is 281 Å². The largest absolute Gasteiger partial charge is 0.474 e. The van der Waals surface area contributed by atoms with E-state index in [2.05, 4.69) is 228 Å². The van der Waals surface area contributed by atoms with Gasteiger partial charge in [0.25, 0.3) is 23.6 Å². The van der Waals surface area contributed by atoms with E-state index in [0.29, 0.717) is 71.5 Å². The number of amides is 4. The molecule has 0 bridgehead atoms. The van der Waals surface area contributed by atoms with Crippen LogP contribution in [0.2, 0.25) is 0 Å². The lowest BCUT2D eigenvalue weighted by Gasteiger charge is -2.52. The summed E-state index contributed by atoms with van der Waals surface area (Å²) in [4.78, 5) is 112. The lowest BCUT2D eigenvalue weighted by molar-refractivity contribution is -0.0196. The van der Waals surface area contributed by atoms with Crippen LogP contribution in [0, 0.1) is 0 Å². The first kappa shape index (κ1) is 101. The number of aryl methyl sites for hydroxylation is 4. The molecule has 12 aromatic rings. The molecule has 0 spiro atoms. The second-order valence-corrected chi connectivity index (χ2v) is 35.0. The SMILES string of the molecule is C.CC.CC.CC.CC.O=C1c2c(OP)c(=O)ccn2N(C2c3ccccc3C=Cc3ccccc32)C2COCCN12.O=C1c2c(OP)c(=O)ccn2N(C2c3ccccc3C=Cc3ccccc32)C2COCCN12.O=C1c2c(OP)c(=O)ccn2N(C2c3ccccc3CCc3ccccc32)C2CCCCN12.O=C1c2c(OP)c(=O)ccn2N(C2c3ccccc3CCc3ccccc32)[C@@H]2COCCN12.[2HH].[2HH].[2HH].[2HH]. The van der Waals surface area contributed by atoms with E-state index in [9.17, 15) is 38.4 Å². The molecule has 740 valence electrons. The van der Waals surface area contributed by atoms with Crippen LogP contribution in [-0.4, -0.2) is 152 Å². The summed E-state index contributed by atoms with van der Waals surface area (Å²) in [6.45, 7) is 20.5. The number of aromatic nitrogens is 4. The van der Waals surface area contributed by atoms with Crippen LogP contribution in [0.5, 0.6) is 23.0 Å². The Morgan fingerprint density at radius 3 is 0.752 bits per heavy atom. The maximum Gasteiger partial charge on any atom is 0.278 e. The van der Waals surface area contributed by atoms with E-state index in [1.54, 1.807) is 43.9 Å². The van der Waals surface area contributed by atoms with Crippen LogP contribution in [0.4, 0.5) is 0 Å². The second kappa shape index (κ2) is 45.2. The fraction of sp³-hybridized carbons (Fsp3) is 0.309. The van der Waals surface area contributed by atoms with Gasteiger partial charge in [0.15, 0.2) is 22.8 Å². The third-order valence-corrected chi connectivity index (χ3v) is 28.2. The van der Waals surface area contributed by atoms with Gasteiger partial charge in [0.1, 0.15) is 24.7 Å². The van der Waals surface area contributed by atoms with Crippen LogP contribution in [0.1, 0.15) is 243 Å². The van der Waals surface area contributed by atoms with Crippen LogP contribution < -0.4 is 59.8 Å². The zero-order valence-corrected chi connectivity index (χ0v) is 84.5. The summed E-state index contributed by atoms with van der Waals surface area (Å²) < 4.78 is 46.3. The number of hydrogen-bond acceptors (Lipinski definition) is 19. The number of fused-ring (bicyclic) bond motifs is 16. The molecule has 141 heavy (non-hydrogen) atoms. The predicted molar refractivity (Wildman–Crippen MR) is 575 cm³/mol. The number of rotatable bonds is 8. The molecule has 0 radical (unpaired) electrons. The Bertz CT molecular complexity index is 6160. The third kappa shape index (κ3) is 18.5. The summed E-state index contributed by atoms with van der Waals surface area (Å²) in [6.07, 6.45) is 20.9. The summed E-state index contributed by atoms with van der Waals surface area (Å²) in [7, 11) is 8.46. The lowest BCUT2D eigenvalue weighted by Crippen LogP contribution is -2.66. The maximum absolute atomic E-state index is 13.6. The fourth-order valence-electron chi connectivity index (χ4n) is 21.4. The molecule has 4 amide bonds. The number of carbonyl (C=O) groups excluding carboxylic acids is 4.